The molecule has 27 heavy (non-hydrogen) atoms. The van der Waals surface area contributed by atoms with E-state index in [4.69, 9.17) is 15.2 Å². The Balaban J connectivity index is 1.72. The van der Waals surface area contributed by atoms with Crippen LogP contribution in [0.25, 0.3) is 11.0 Å². The van der Waals surface area contributed by atoms with Crippen LogP contribution in [0.2, 0.25) is 0 Å². The van der Waals surface area contributed by atoms with Crippen molar-refractivity contribution in [1.82, 2.24) is 9.55 Å². The maximum Gasteiger partial charge on any atom is 0.212 e. The van der Waals surface area contributed by atoms with Crippen LogP contribution in [0.4, 0.5) is 14.7 Å². The highest BCUT2D eigenvalue weighted by molar-refractivity contribution is 5.95. The number of fused-ring (bicyclic) bond motifs is 4. The van der Waals surface area contributed by atoms with E-state index in [1.165, 1.54) is 12.1 Å². The normalized spacial score (nSPS) is 18.4. The molecule has 7 nitrogen and oxygen atoms in total. The SMILES string of the molecule is NC1=N[C@H](c2ccc(F)cc2F)n2c(nc3cc4c(cc32)OCCCO4)N1. The molecule has 2 aliphatic rings. The lowest BCUT2D eigenvalue weighted by molar-refractivity contribution is 0.297. The smallest absolute Gasteiger partial charge is 0.212 e. The number of aliphatic imine (C=N–C) groups is 1. The van der Waals surface area contributed by atoms with E-state index >= 15 is 0 Å². The number of nitrogens with one attached hydrogen (secondary N) is 1. The van der Waals surface area contributed by atoms with Crippen LogP contribution in [0.1, 0.15) is 18.2 Å². The molecule has 0 saturated carbocycles. The zero-order chi connectivity index (χ0) is 18.5. The van der Waals surface area contributed by atoms with Gasteiger partial charge in [0.25, 0.3) is 0 Å². The fourth-order valence-electron chi connectivity index (χ4n) is 3.34. The summed E-state index contributed by atoms with van der Waals surface area (Å²) in [7, 11) is 0. The summed E-state index contributed by atoms with van der Waals surface area (Å²) in [6, 6.07) is 6.94. The number of nitrogens with zero attached hydrogens (tertiary/aromatic N) is 3. The second-order valence-corrected chi connectivity index (χ2v) is 6.32. The van der Waals surface area contributed by atoms with Gasteiger partial charge in [0, 0.05) is 30.2 Å². The lowest BCUT2D eigenvalue weighted by Crippen LogP contribution is -2.31. The zero-order valence-electron chi connectivity index (χ0n) is 14.1. The Kier molecular flexibility index (Phi) is 3.43. The largest absolute Gasteiger partial charge is 0.489 e. The van der Waals surface area contributed by atoms with Gasteiger partial charge in [-0.15, -0.1) is 0 Å². The van der Waals surface area contributed by atoms with Crippen LogP contribution < -0.4 is 20.5 Å². The van der Waals surface area contributed by atoms with Gasteiger partial charge in [0.15, 0.2) is 23.6 Å². The van der Waals surface area contributed by atoms with Crippen LogP contribution in [0.3, 0.4) is 0 Å². The second kappa shape index (κ2) is 5.83. The fraction of sp³-hybridized carbons (Fsp3) is 0.222. The first-order valence-corrected chi connectivity index (χ1v) is 8.47. The summed E-state index contributed by atoms with van der Waals surface area (Å²) in [5.74, 6) is 0.332. The third-order valence-electron chi connectivity index (χ3n) is 4.55. The molecule has 0 unspecified atom stereocenters. The van der Waals surface area contributed by atoms with Gasteiger partial charge in [-0.3, -0.25) is 9.88 Å². The van der Waals surface area contributed by atoms with E-state index in [-0.39, 0.29) is 11.5 Å². The number of anilines is 1. The molecular weight excluding hydrogens is 356 g/mol. The van der Waals surface area contributed by atoms with Crippen molar-refractivity contribution in [2.45, 2.75) is 12.6 Å². The Morgan fingerprint density at radius 2 is 1.89 bits per heavy atom. The summed E-state index contributed by atoms with van der Waals surface area (Å²) in [5, 5.41) is 2.88. The predicted octanol–water partition coefficient (Wildman–Crippen LogP) is 2.76. The Hall–Kier alpha value is -3.36. The minimum absolute atomic E-state index is 0.0978. The molecular formula is C18H15F2N5O2. The number of aromatic nitrogens is 2. The molecule has 0 fully saturated rings. The van der Waals surface area contributed by atoms with Gasteiger partial charge < -0.3 is 15.2 Å². The van der Waals surface area contributed by atoms with Gasteiger partial charge >= 0.3 is 0 Å². The number of imidazole rings is 1. The molecule has 2 aliphatic heterocycles. The molecule has 1 atom stereocenters. The minimum Gasteiger partial charge on any atom is -0.489 e. The third kappa shape index (κ3) is 2.54. The van der Waals surface area contributed by atoms with Gasteiger partial charge in [-0.25, -0.2) is 18.8 Å². The quantitative estimate of drug-likeness (QED) is 0.687. The van der Waals surface area contributed by atoms with E-state index in [0.717, 1.165) is 12.5 Å². The zero-order valence-corrected chi connectivity index (χ0v) is 14.1. The molecule has 9 heteroatoms. The molecule has 0 spiro atoms. The number of rotatable bonds is 1. The van der Waals surface area contributed by atoms with Crippen molar-refractivity contribution in [3.63, 3.8) is 0 Å². The van der Waals surface area contributed by atoms with Gasteiger partial charge in [-0.2, -0.15) is 0 Å². The van der Waals surface area contributed by atoms with Crippen LogP contribution in [0.5, 0.6) is 11.5 Å². The van der Waals surface area contributed by atoms with Gasteiger partial charge in [0.05, 0.1) is 24.2 Å². The summed E-state index contributed by atoms with van der Waals surface area (Å²) >= 11 is 0. The Bertz CT molecular complexity index is 1100. The maximum absolute atomic E-state index is 14.4. The molecule has 0 radical (unpaired) electrons. The van der Waals surface area contributed by atoms with Crippen molar-refractivity contribution in [3.8, 4) is 11.5 Å². The van der Waals surface area contributed by atoms with Crippen LogP contribution in [-0.2, 0) is 0 Å². The van der Waals surface area contributed by atoms with E-state index in [0.29, 0.717) is 41.7 Å². The topological polar surface area (TPSA) is 86.7 Å². The molecule has 138 valence electrons. The third-order valence-corrected chi connectivity index (χ3v) is 4.55. The molecule has 2 aromatic carbocycles. The van der Waals surface area contributed by atoms with Crippen molar-refractivity contribution < 1.29 is 18.3 Å². The molecule has 1 aromatic heterocycles. The lowest BCUT2D eigenvalue weighted by Gasteiger charge is -2.24. The molecule has 3 aromatic rings. The Morgan fingerprint density at radius 1 is 1.11 bits per heavy atom. The highest BCUT2D eigenvalue weighted by Crippen LogP contribution is 2.39. The van der Waals surface area contributed by atoms with Crippen LogP contribution in [0, 0.1) is 11.6 Å². The average molecular weight is 371 g/mol. The number of hydrogen-bond acceptors (Lipinski definition) is 6. The van der Waals surface area contributed by atoms with Crippen LogP contribution >= 0.6 is 0 Å². The van der Waals surface area contributed by atoms with E-state index in [1.807, 2.05) is 0 Å². The van der Waals surface area contributed by atoms with Crippen LogP contribution in [-0.4, -0.2) is 28.7 Å². The van der Waals surface area contributed by atoms with E-state index in [1.54, 1.807) is 16.7 Å². The molecule has 0 aliphatic carbocycles. The van der Waals surface area contributed by atoms with Crippen LogP contribution in [0.15, 0.2) is 35.3 Å². The first-order valence-electron chi connectivity index (χ1n) is 8.47. The standard InChI is InChI=1S/C18H15F2N5O2/c19-9-2-3-10(11(20)6-9)16-23-17(21)24-18-22-12-7-14-15(8-13(12)25(16)18)27-5-1-4-26-14/h2-3,6-8,16H,1,4-5H2,(H3,21,22,23,24)/t16-/m0/s1. The minimum atomic E-state index is -0.823. The molecule has 0 bridgehead atoms. The second-order valence-electron chi connectivity index (χ2n) is 6.32. The number of nitrogens with two attached hydrogens (primary N) is 1. The lowest BCUT2D eigenvalue weighted by atomic mass is 10.1. The molecule has 3 N–H and O–H groups in total. The molecule has 5 rings (SSSR count). The summed E-state index contributed by atoms with van der Waals surface area (Å²) in [5.41, 5.74) is 7.35. The first kappa shape index (κ1) is 15.9. The van der Waals surface area contributed by atoms with Crippen molar-refractivity contribution >= 4 is 22.9 Å². The Morgan fingerprint density at radius 3 is 2.67 bits per heavy atom. The molecule has 0 saturated heterocycles. The van der Waals surface area contributed by atoms with Gasteiger partial charge in [-0.1, -0.05) is 0 Å². The maximum atomic E-state index is 14.4. The number of ether oxygens (including phenoxy) is 2. The molecule has 3 heterocycles. The number of hydrogen-bond donors (Lipinski definition) is 2. The monoisotopic (exact) mass is 371 g/mol. The highest BCUT2D eigenvalue weighted by Gasteiger charge is 2.28. The van der Waals surface area contributed by atoms with Gasteiger partial charge in [0.1, 0.15) is 11.6 Å². The summed E-state index contributed by atoms with van der Waals surface area (Å²) < 4.78 is 40.9. The van der Waals surface area contributed by atoms with E-state index in [9.17, 15) is 8.78 Å². The van der Waals surface area contributed by atoms with E-state index < -0.39 is 17.8 Å². The Labute approximate surface area is 152 Å². The number of benzene rings is 2. The first-order chi connectivity index (χ1) is 13.1. The van der Waals surface area contributed by atoms with Crippen molar-refractivity contribution in [2.24, 2.45) is 10.7 Å². The van der Waals surface area contributed by atoms with E-state index in [2.05, 4.69) is 15.3 Å². The summed E-state index contributed by atoms with van der Waals surface area (Å²) in [6.07, 6.45) is -0.0415. The highest BCUT2D eigenvalue weighted by atomic mass is 19.1. The number of guanidine groups is 1. The van der Waals surface area contributed by atoms with Crippen molar-refractivity contribution in [1.29, 1.82) is 0 Å². The fourth-order valence-corrected chi connectivity index (χ4v) is 3.34. The summed E-state index contributed by atoms with van der Waals surface area (Å²) in [6.45, 7) is 1.10. The average Bonchev–Trinajstić information content (AvgIpc) is 2.81. The van der Waals surface area contributed by atoms with Gasteiger partial charge in [0.2, 0.25) is 5.95 Å². The number of halogens is 2. The van der Waals surface area contributed by atoms with Crippen molar-refractivity contribution in [2.75, 3.05) is 18.5 Å². The molecule has 0 amide bonds. The van der Waals surface area contributed by atoms with Crippen molar-refractivity contribution in [3.05, 3.63) is 47.5 Å². The predicted molar refractivity (Wildman–Crippen MR) is 95.1 cm³/mol. The summed E-state index contributed by atoms with van der Waals surface area (Å²) in [4.78, 5) is 8.83. The van der Waals surface area contributed by atoms with Gasteiger partial charge in [-0.05, 0) is 12.1 Å².